The van der Waals surface area contributed by atoms with E-state index in [4.69, 9.17) is 4.74 Å². The average Bonchev–Trinajstić information content (AvgIpc) is 2.18. The Kier molecular flexibility index (Phi) is 4.47. The number of nitrogens with zero attached hydrogens (tertiary/aromatic N) is 1. The van der Waals surface area contributed by atoms with Crippen molar-refractivity contribution in [3.8, 4) is 5.75 Å². The summed E-state index contributed by atoms with van der Waals surface area (Å²) < 4.78 is 5.18. The molecule has 0 atom stereocenters. The third kappa shape index (κ3) is 3.38. The topological polar surface area (TPSA) is 12.5 Å². The third-order valence-electron chi connectivity index (χ3n) is 2.19. The first-order valence-corrected chi connectivity index (χ1v) is 5.07. The highest BCUT2D eigenvalue weighted by Crippen LogP contribution is 2.13. The lowest BCUT2D eigenvalue weighted by atomic mass is 10.2. The molecule has 0 saturated carbocycles. The van der Waals surface area contributed by atoms with E-state index in [-0.39, 0.29) is 0 Å². The zero-order valence-electron chi connectivity index (χ0n) is 9.29. The van der Waals surface area contributed by atoms with Gasteiger partial charge in [0.1, 0.15) is 5.75 Å². The molecule has 2 heteroatoms. The molecule has 0 N–H and O–H groups in total. The Hall–Kier alpha value is -1.02. The van der Waals surface area contributed by atoms with Gasteiger partial charge in [0.05, 0.1) is 7.11 Å². The molecule has 1 rings (SSSR count). The van der Waals surface area contributed by atoms with E-state index < -0.39 is 0 Å². The maximum atomic E-state index is 5.18. The standard InChI is InChI=1S/C12H19NO/c1-4-8-13(2)10-11-6-5-7-12(9-11)14-3/h5-7,9H,4,8,10H2,1-3H3. The van der Waals surface area contributed by atoms with Crippen LogP contribution in [0.5, 0.6) is 5.75 Å². The van der Waals surface area contributed by atoms with E-state index in [9.17, 15) is 0 Å². The van der Waals surface area contributed by atoms with Gasteiger partial charge in [-0.3, -0.25) is 0 Å². The number of rotatable bonds is 5. The fourth-order valence-corrected chi connectivity index (χ4v) is 1.54. The van der Waals surface area contributed by atoms with Gasteiger partial charge in [-0.05, 0) is 37.7 Å². The fourth-order valence-electron chi connectivity index (χ4n) is 1.54. The number of benzene rings is 1. The van der Waals surface area contributed by atoms with Crippen LogP contribution in [0.4, 0.5) is 0 Å². The first kappa shape index (κ1) is 11.1. The Balaban J connectivity index is 2.57. The monoisotopic (exact) mass is 193 g/mol. The Morgan fingerprint density at radius 2 is 2.14 bits per heavy atom. The lowest BCUT2D eigenvalue weighted by molar-refractivity contribution is 0.326. The van der Waals surface area contributed by atoms with Crippen LogP contribution in [-0.4, -0.2) is 25.6 Å². The van der Waals surface area contributed by atoms with Gasteiger partial charge in [0, 0.05) is 6.54 Å². The molecule has 0 heterocycles. The van der Waals surface area contributed by atoms with Crippen molar-refractivity contribution in [2.24, 2.45) is 0 Å². The van der Waals surface area contributed by atoms with Crippen molar-refractivity contribution in [3.63, 3.8) is 0 Å². The smallest absolute Gasteiger partial charge is 0.119 e. The van der Waals surface area contributed by atoms with Crippen LogP contribution in [0, 0.1) is 0 Å². The molecule has 14 heavy (non-hydrogen) atoms. The molecule has 0 fully saturated rings. The molecule has 0 amide bonds. The molecule has 0 unspecified atom stereocenters. The molecule has 0 aliphatic carbocycles. The zero-order chi connectivity index (χ0) is 10.4. The Labute approximate surface area is 86.5 Å². The Bertz CT molecular complexity index is 273. The summed E-state index contributed by atoms with van der Waals surface area (Å²) in [6, 6.07) is 8.23. The molecule has 78 valence electrons. The van der Waals surface area contributed by atoms with Crippen molar-refractivity contribution in [3.05, 3.63) is 29.8 Å². The van der Waals surface area contributed by atoms with E-state index in [0.717, 1.165) is 18.8 Å². The summed E-state index contributed by atoms with van der Waals surface area (Å²) in [5.41, 5.74) is 1.31. The van der Waals surface area contributed by atoms with Gasteiger partial charge in [0.25, 0.3) is 0 Å². The van der Waals surface area contributed by atoms with Gasteiger partial charge in [0.15, 0.2) is 0 Å². The lowest BCUT2D eigenvalue weighted by Gasteiger charge is -2.15. The van der Waals surface area contributed by atoms with Crippen LogP contribution in [0.1, 0.15) is 18.9 Å². The van der Waals surface area contributed by atoms with Crippen LogP contribution in [-0.2, 0) is 6.54 Å². The number of hydrogen-bond acceptors (Lipinski definition) is 2. The second kappa shape index (κ2) is 5.66. The summed E-state index contributed by atoms with van der Waals surface area (Å²) >= 11 is 0. The van der Waals surface area contributed by atoms with E-state index >= 15 is 0 Å². The predicted octanol–water partition coefficient (Wildman–Crippen LogP) is 2.54. The van der Waals surface area contributed by atoms with E-state index in [1.807, 2.05) is 12.1 Å². The van der Waals surface area contributed by atoms with Gasteiger partial charge in [-0.2, -0.15) is 0 Å². The lowest BCUT2D eigenvalue weighted by Crippen LogP contribution is -2.18. The molecule has 0 saturated heterocycles. The van der Waals surface area contributed by atoms with E-state index in [1.165, 1.54) is 12.0 Å². The molecule has 0 aliphatic rings. The summed E-state index contributed by atoms with van der Waals surface area (Å²) in [5.74, 6) is 0.937. The first-order valence-electron chi connectivity index (χ1n) is 5.07. The molecule has 0 aromatic heterocycles. The highest BCUT2D eigenvalue weighted by atomic mass is 16.5. The van der Waals surface area contributed by atoms with Crippen LogP contribution < -0.4 is 4.74 Å². The highest BCUT2D eigenvalue weighted by Gasteiger charge is 1.99. The SMILES string of the molecule is CCCN(C)Cc1cccc(OC)c1. The van der Waals surface area contributed by atoms with Crippen LogP contribution in [0.2, 0.25) is 0 Å². The molecule has 0 aliphatic heterocycles. The zero-order valence-corrected chi connectivity index (χ0v) is 9.29. The Morgan fingerprint density at radius 3 is 2.79 bits per heavy atom. The highest BCUT2D eigenvalue weighted by molar-refractivity contribution is 5.28. The maximum Gasteiger partial charge on any atom is 0.119 e. The van der Waals surface area contributed by atoms with Crippen molar-refractivity contribution in [1.82, 2.24) is 4.90 Å². The number of methoxy groups -OCH3 is 1. The van der Waals surface area contributed by atoms with Crippen molar-refractivity contribution < 1.29 is 4.74 Å². The molecule has 1 aromatic carbocycles. The van der Waals surface area contributed by atoms with Gasteiger partial charge in [-0.1, -0.05) is 19.1 Å². The largest absolute Gasteiger partial charge is 0.497 e. The molecule has 0 bridgehead atoms. The predicted molar refractivity (Wildman–Crippen MR) is 59.6 cm³/mol. The van der Waals surface area contributed by atoms with Crippen LogP contribution in [0.3, 0.4) is 0 Å². The maximum absolute atomic E-state index is 5.18. The molecule has 0 spiro atoms. The second-order valence-electron chi connectivity index (χ2n) is 3.59. The molecular weight excluding hydrogens is 174 g/mol. The van der Waals surface area contributed by atoms with Crippen LogP contribution in [0.25, 0.3) is 0 Å². The summed E-state index contributed by atoms with van der Waals surface area (Å²) in [5, 5.41) is 0. The second-order valence-corrected chi connectivity index (χ2v) is 3.59. The van der Waals surface area contributed by atoms with Gasteiger partial charge in [-0.25, -0.2) is 0 Å². The van der Waals surface area contributed by atoms with Crippen LogP contribution in [0.15, 0.2) is 24.3 Å². The van der Waals surface area contributed by atoms with E-state index in [1.54, 1.807) is 7.11 Å². The molecule has 1 aromatic rings. The van der Waals surface area contributed by atoms with E-state index in [0.29, 0.717) is 0 Å². The minimum absolute atomic E-state index is 0.937. The minimum atomic E-state index is 0.937. The number of hydrogen-bond donors (Lipinski definition) is 0. The van der Waals surface area contributed by atoms with E-state index in [2.05, 4.69) is 31.0 Å². The summed E-state index contributed by atoms with van der Waals surface area (Å²) in [7, 11) is 3.85. The average molecular weight is 193 g/mol. The van der Waals surface area contributed by atoms with Crippen molar-refractivity contribution in [1.29, 1.82) is 0 Å². The Morgan fingerprint density at radius 1 is 1.36 bits per heavy atom. The van der Waals surface area contributed by atoms with Gasteiger partial charge >= 0.3 is 0 Å². The summed E-state index contributed by atoms with van der Waals surface area (Å²) in [6.07, 6.45) is 1.19. The van der Waals surface area contributed by atoms with Crippen LogP contribution >= 0.6 is 0 Å². The van der Waals surface area contributed by atoms with Crippen molar-refractivity contribution in [2.75, 3.05) is 20.7 Å². The normalized spacial score (nSPS) is 10.6. The quantitative estimate of drug-likeness (QED) is 0.712. The number of ether oxygens (including phenoxy) is 1. The minimum Gasteiger partial charge on any atom is -0.497 e. The molecular formula is C12H19NO. The van der Waals surface area contributed by atoms with Gasteiger partial charge in [0.2, 0.25) is 0 Å². The van der Waals surface area contributed by atoms with Crippen molar-refractivity contribution in [2.45, 2.75) is 19.9 Å². The first-order chi connectivity index (χ1) is 6.76. The fraction of sp³-hybridized carbons (Fsp3) is 0.500. The van der Waals surface area contributed by atoms with Gasteiger partial charge < -0.3 is 9.64 Å². The molecule has 2 nitrogen and oxygen atoms in total. The van der Waals surface area contributed by atoms with Gasteiger partial charge in [-0.15, -0.1) is 0 Å². The summed E-state index contributed by atoms with van der Waals surface area (Å²) in [6.45, 7) is 4.32. The molecule has 0 radical (unpaired) electrons. The third-order valence-corrected chi connectivity index (χ3v) is 2.19. The summed E-state index contributed by atoms with van der Waals surface area (Å²) in [4.78, 5) is 2.31. The van der Waals surface area contributed by atoms with Crippen molar-refractivity contribution >= 4 is 0 Å².